The van der Waals surface area contributed by atoms with E-state index in [9.17, 15) is 4.39 Å². The zero-order valence-corrected chi connectivity index (χ0v) is 12.9. The first kappa shape index (κ1) is 16.6. The molecular formula is C15H22FN3S. The summed E-state index contributed by atoms with van der Waals surface area (Å²) in [6, 6.07) is 5.25. The molecule has 0 radical (unpaired) electrons. The summed E-state index contributed by atoms with van der Waals surface area (Å²) in [4.78, 5) is 4.13. The molecule has 0 saturated carbocycles. The number of halogens is 1. The van der Waals surface area contributed by atoms with Crippen molar-refractivity contribution in [1.29, 1.82) is 0 Å². The summed E-state index contributed by atoms with van der Waals surface area (Å²) in [5, 5.41) is 6.38. The Morgan fingerprint density at radius 3 is 2.90 bits per heavy atom. The Morgan fingerprint density at radius 2 is 2.25 bits per heavy atom. The number of aryl methyl sites for hydroxylation is 1. The fourth-order valence-electron chi connectivity index (χ4n) is 1.56. The average Bonchev–Trinajstić information content (AvgIpc) is 2.45. The Hall–Kier alpha value is -1.49. The predicted molar refractivity (Wildman–Crippen MR) is 86.9 cm³/mol. The Morgan fingerprint density at radius 1 is 1.45 bits per heavy atom. The van der Waals surface area contributed by atoms with E-state index in [1.54, 1.807) is 26.1 Å². The molecule has 2 N–H and O–H groups in total. The van der Waals surface area contributed by atoms with Crippen LogP contribution in [0.4, 0.5) is 4.39 Å². The minimum Gasteiger partial charge on any atom is -0.356 e. The minimum atomic E-state index is -0.173. The third-order valence-electron chi connectivity index (χ3n) is 2.69. The smallest absolute Gasteiger partial charge is 0.191 e. The van der Waals surface area contributed by atoms with Gasteiger partial charge in [-0.15, -0.1) is 6.58 Å². The molecule has 5 heteroatoms. The van der Waals surface area contributed by atoms with Gasteiger partial charge < -0.3 is 10.6 Å². The highest BCUT2D eigenvalue weighted by Gasteiger charge is 2.01. The number of nitrogens with zero attached hydrogens (tertiary/aromatic N) is 1. The highest BCUT2D eigenvalue weighted by Crippen LogP contribution is 2.08. The second-order valence-corrected chi connectivity index (χ2v) is 5.45. The Labute approximate surface area is 124 Å². The number of rotatable bonds is 7. The van der Waals surface area contributed by atoms with Crippen LogP contribution in [-0.2, 0) is 6.54 Å². The molecule has 0 atom stereocenters. The summed E-state index contributed by atoms with van der Waals surface area (Å²) >= 11 is 1.81. The van der Waals surface area contributed by atoms with Crippen LogP contribution in [0.15, 0.2) is 35.8 Å². The van der Waals surface area contributed by atoms with Crippen molar-refractivity contribution in [2.24, 2.45) is 4.99 Å². The molecule has 3 nitrogen and oxygen atoms in total. The van der Waals surface area contributed by atoms with Crippen LogP contribution in [0.5, 0.6) is 0 Å². The van der Waals surface area contributed by atoms with Crippen LogP contribution in [0.1, 0.15) is 11.1 Å². The molecule has 0 aromatic heterocycles. The third kappa shape index (κ3) is 6.10. The molecule has 0 fully saturated rings. The second kappa shape index (κ2) is 9.42. The SMILES string of the molecule is C=CCSCCNC(=NC)NCc1ccc(C)c(F)c1. The first-order valence-corrected chi connectivity index (χ1v) is 7.71. The molecule has 20 heavy (non-hydrogen) atoms. The van der Waals surface area contributed by atoms with E-state index < -0.39 is 0 Å². The first-order chi connectivity index (χ1) is 9.67. The van der Waals surface area contributed by atoms with Gasteiger partial charge >= 0.3 is 0 Å². The molecule has 0 amide bonds. The normalized spacial score (nSPS) is 11.2. The van der Waals surface area contributed by atoms with E-state index in [1.807, 2.05) is 23.9 Å². The molecule has 0 bridgehead atoms. The average molecular weight is 295 g/mol. The molecular weight excluding hydrogens is 273 g/mol. The molecule has 110 valence electrons. The van der Waals surface area contributed by atoms with E-state index in [0.717, 1.165) is 29.6 Å². The zero-order valence-electron chi connectivity index (χ0n) is 12.1. The number of hydrogen-bond donors (Lipinski definition) is 2. The van der Waals surface area contributed by atoms with Crippen molar-refractivity contribution in [3.63, 3.8) is 0 Å². The van der Waals surface area contributed by atoms with Gasteiger partial charge in [-0.25, -0.2) is 4.39 Å². The van der Waals surface area contributed by atoms with E-state index in [-0.39, 0.29) is 5.82 Å². The van der Waals surface area contributed by atoms with Gasteiger partial charge in [0.25, 0.3) is 0 Å². The van der Waals surface area contributed by atoms with Gasteiger partial charge in [0.1, 0.15) is 5.82 Å². The first-order valence-electron chi connectivity index (χ1n) is 6.55. The van der Waals surface area contributed by atoms with Crippen molar-refractivity contribution in [3.8, 4) is 0 Å². The monoisotopic (exact) mass is 295 g/mol. The van der Waals surface area contributed by atoms with Crippen molar-refractivity contribution in [2.45, 2.75) is 13.5 Å². The van der Waals surface area contributed by atoms with Gasteiger partial charge in [0.2, 0.25) is 0 Å². The summed E-state index contributed by atoms with van der Waals surface area (Å²) in [5.74, 6) is 2.50. The Kier molecular flexibility index (Phi) is 7.80. The zero-order chi connectivity index (χ0) is 14.8. The fourth-order valence-corrected chi connectivity index (χ4v) is 2.14. The summed E-state index contributed by atoms with van der Waals surface area (Å²) in [6.45, 7) is 6.82. The Balaban J connectivity index is 2.33. The molecule has 1 rings (SSSR count). The standard InChI is InChI=1S/C15H22FN3S/c1-4-8-20-9-7-18-15(17-3)19-11-13-6-5-12(2)14(16)10-13/h4-6,10H,1,7-9,11H2,2-3H3,(H2,17,18,19). The van der Waals surface area contributed by atoms with Crippen LogP contribution in [0.3, 0.4) is 0 Å². The van der Waals surface area contributed by atoms with Crippen molar-refractivity contribution in [1.82, 2.24) is 10.6 Å². The number of thioether (sulfide) groups is 1. The van der Waals surface area contributed by atoms with Gasteiger partial charge in [0.05, 0.1) is 0 Å². The molecule has 0 unspecified atom stereocenters. The summed E-state index contributed by atoms with van der Waals surface area (Å²) in [6.07, 6.45) is 1.89. The number of hydrogen-bond acceptors (Lipinski definition) is 2. The number of aliphatic imine (C=N–C) groups is 1. The molecule has 1 aromatic rings. The predicted octanol–water partition coefficient (Wildman–Crippen LogP) is 2.72. The van der Waals surface area contributed by atoms with Gasteiger partial charge in [-0.3, -0.25) is 4.99 Å². The lowest BCUT2D eigenvalue weighted by molar-refractivity contribution is 0.615. The van der Waals surface area contributed by atoms with Gasteiger partial charge in [-0.1, -0.05) is 18.2 Å². The van der Waals surface area contributed by atoms with E-state index in [1.165, 1.54) is 0 Å². The topological polar surface area (TPSA) is 36.4 Å². The number of nitrogens with one attached hydrogen (secondary N) is 2. The Bertz CT molecular complexity index is 460. The lowest BCUT2D eigenvalue weighted by atomic mass is 10.1. The van der Waals surface area contributed by atoms with Crippen molar-refractivity contribution < 1.29 is 4.39 Å². The van der Waals surface area contributed by atoms with E-state index in [0.29, 0.717) is 12.1 Å². The van der Waals surface area contributed by atoms with Crippen molar-refractivity contribution in [3.05, 3.63) is 47.8 Å². The summed E-state index contributed by atoms with van der Waals surface area (Å²) < 4.78 is 13.4. The fraction of sp³-hybridized carbons (Fsp3) is 0.400. The third-order valence-corrected chi connectivity index (χ3v) is 3.66. The van der Waals surface area contributed by atoms with Gasteiger partial charge in [0, 0.05) is 31.6 Å². The maximum Gasteiger partial charge on any atom is 0.191 e. The quantitative estimate of drug-likeness (QED) is 0.351. The molecule has 0 aliphatic carbocycles. The van der Waals surface area contributed by atoms with E-state index in [2.05, 4.69) is 22.2 Å². The van der Waals surface area contributed by atoms with Crippen LogP contribution < -0.4 is 10.6 Å². The van der Waals surface area contributed by atoms with Crippen LogP contribution in [-0.4, -0.2) is 31.1 Å². The summed E-state index contributed by atoms with van der Waals surface area (Å²) in [7, 11) is 1.72. The van der Waals surface area contributed by atoms with Crippen LogP contribution in [0.25, 0.3) is 0 Å². The minimum absolute atomic E-state index is 0.173. The maximum atomic E-state index is 13.4. The second-order valence-electron chi connectivity index (χ2n) is 4.30. The van der Waals surface area contributed by atoms with Crippen molar-refractivity contribution >= 4 is 17.7 Å². The lowest BCUT2D eigenvalue weighted by Crippen LogP contribution is -2.38. The highest BCUT2D eigenvalue weighted by molar-refractivity contribution is 7.99. The maximum absolute atomic E-state index is 13.4. The van der Waals surface area contributed by atoms with Crippen LogP contribution >= 0.6 is 11.8 Å². The highest BCUT2D eigenvalue weighted by atomic mass is 32.2. The van der Waals surface area contributed by atoms with Gasteiger partial charge in [-0.05, 0) is 24.1 Å². The molecule has 0 aliphatic heterocycles. The van der Waals surface area contributed by atoms with E-state index in [4.69, 9.17) is 0 Å². The summed E-state index contributed by atoms with van der Waals surface area (Å²) in [5.41, 5.74) is 1.56. The van der Waals surface area contributed by atoms with Gasteiger partial charge in [-0.2, -0.15) is 11.8 Å². The molecule has 0 spiro atoms. The molecule has 0 aliphatic rings. The van der Waals surface area contributed by atoms with Crippen LogP contribution in [0.2, 0.25) is 0 Å². The van der Waals surface area contributed by atoms with Crippen molar-refractivity contribution in [2.75, 3.05) is 25.1 Å². The van der Waals surface area contributed by atoms with E-state index >= 15 is 0 Å². The lowest BCUT2D eigenvalue weighted by Gasteiger charge is -2.12. The van der Waals surface area contributed by atoms with Crippen LogP contribution in [0, 0.1) is 12.7 Å². The number of guanidine groups is 1. The molecule has 0 saturated heterocycles. The number of benzene rings is 1. The molecule has 0 heterocycles. The molecule has 1 aromatic carbocycles. The van der Waals surface area contributed by atoms with Gasteiger partial charge in [0.15, 0.2) is 5.96 Å². The largest absolute Gasteiger partial charge is 0.356 e.